The molecule has 1 amide bonds. The van der Waals surface area contributed by atoms with Crippen LogP contribution in [0.25, 0.3) is 16.6 Å². The van der Waals surface area contributed by atoms with E-state index < -0.39 is 23.7 Å². The minimum Gasteiger partial charge on any atom is -0.384 e. The second-order valence-electron chi connectivity index (χ2n) is 7.50. The number of aliphatic hydroxyl groups is 1. The lowest BCUT2D eigenvalue weighted by Crippen LogP contribution is -2.60. The van der Waals surface area contributed by atoms with Crippen molar-refractivity contribution in [2.75, 3.05) is 19.7 Å². The molecule has 0 unspecified atom stereocenters. The molecule has 7 nitrogen and oxygen atoms in total. The summed E-state index contributed by atoms with van der Waals surface area (Å²) < 4.78 is 29.9. The fourth-order valence-corrected chi connectivity index (χ4v) is 3.71. The molecule has 4 rings (SSSR count). The van der Waals surface area contributed by atoms with Crippen molar-refractivity contribution in [1.82, 2.24) is 19.1 Å². The number of likely N-dealkylation sites (tertiary alicyclic amines) is 1. The maximum atomic E-state index is 13.7. The van der Waals surface area contributed by atoms with Crippen LogP contribution in [-0.2, 0) is 11.3 Å². The van der Waals surface area contributed by atoms with Gasteiger partial charge in [0, 0.05) is 18.0 Å². The second-order valence-corrected chi connectivity index (χ2v) is 7.91. The minimum atomic E-state index is -1.41. The van der Waals surface area contributed by atoms with Crippen LogP contribution in [0, 0.1) is 17.7 Å². The van der Waals surface area contributed by atoms with Crippen molar-refractivity contribution in [1.29, 1.82) is 0 Å². The molecule has 160 valence electrons. The maximum Gasteiger partial charge on any atom is 0.277 e. The quantitative estimate of drug-likeness (QED) is 0.623. The van der Waals surface area contributed by atoms with Gasteiger partial charge in [0.15, 0.2) is 0 Å². The summed E-state index contributed by atoms with van der Waals surface area (Å²) in [6, 6.07) is 3.95. The Morgan fingerprint density at radius 3 is 2.74 bits per heavy atom. The molecule has 0 radical (unpaired) electrons. The van der Waals surface area contributed by atoms with Gasteiger partial charge in [-0.15, -0.1) is 0 Å². The summed E-state index contributed by atoms with van der Waals surface area (Å²) in [6.07, 6.45) is 2.89. The molecule has 31 heavy (non-hydrogen) atoms. The number of aromatic nitrogens is 3. The molecule has 0 aliphatic carbocycles. The van der Waals surface area contributed by atoms with Crippen LogP contribution in [-0.4, -0.2) is 55.5 Å². The molecule has 0 atom stereocenters. The first-order valence-corrected chi connectivity index (χ1v) is 9.71. The zero-order valence-electron chi connectivity index (χ0n) is 16.4. The van der Waals surface area contributed by atoms with E-state index in [0.29, 0.717) is 11.1 Å². The molecule has 1 N–H and O–H groups in total. The average molecular weight is 447 g/mol. The molecule has 1 saturated heterocycles. The maximum absolute atomic E-state index is 13.7. The highest BCUT2D eigenvalue weighted by Crippen LogP contribution is 2.30. The molecule has 1 aliphatic heterocycles. The van der Waals surface area contributed by atoms with Crippen LogP contribution in [0.2, 0.25) is 5.02 Å². The van der Waals surface area contributed by atoms with Gasteiger partial charge in [-0.25, -0.2) is 13.3 Å². The number of halogens is 3. The lowest BCUT2D eigenvalue weighted by molar-refractivity contribution is -0.144. The summed E-state index contributed by atoms with van der Waals surface area (Å²) in [5, 5.41) is 13.2. The van der Waals surface area contributed by atoms with Gasteiger partial charge < -0.3 is 14.6 Å². The number of hydrogen-bond donors (Lipinski definition) is 1. The van der Waals surface area contributed by atoms with Crippen molar-refractivity contribution in [3.05, 3.63) is 57.5 Å². The molecule has 0 bridgehead atoms. The third kappa shape index (κ3) is 3.92. The third-order valence-electron chi connectivity index (χ3n) is 4.96. The predicted octanol–water partition coefficient (Wildman–Crippen LogP) is 1.87. The number of hydrogen-bond acceptors (Lipinski definition) is 4. The first-order chi connectivity index (χ1) is 14.7. The van der Waals surface area contributed by atoms with Crippen LogP contribution in [0.5, 0.6) is 0 Å². The SMILES string of the molecule is CC1(F)CN(C(=O)Cn2ccn3nc(C#CCO)c(-c4ccc(F)c(Cl)c4)c3c2=O)C1. The summed E-state index contributed by atoms with van der Waals surface area (Å²) >= 11 is 5.92. The Labute approximate surface area is 180 Å². The van der Waals surface area contributed by atoms with E-state index in [1.165, 1.54) is 45.4 Å². The number of aliphatic hydroxyl groups excluding tert-OH is 1. The van der Waals surface area contributed by atoms with Gasteiger partial charge in [-0.2, -0.15) is 5.10 Å². The van der Waals surface area contributed by atoms with Gasteiger partial charge in [0.05, 0.1) is 18.1 Å². The van der Waals surface area contributed by atoms with E-state index in [1.807, 2.05) is 0 Å². The predicted molar refractivity (Wildman–Crippen MR) is 110 cm³/mol. The van der Waals surface area contributed by atoms with Crippen molar-refractivity contribution in [3.8, 4) is 23.0 Å². The third-order valence-corrected chi connectivity index (χ3v) is 5.24. The van der Waals surface area contributed by atoms with Crippen LogP contribution < -0.4 is 5.56 Å². The number of fused-ring (bicyclic) bond motifs is 1. The normalized spacial score (nSPS) is 14.8. The molecular weight excluding hydrogens is 430 g/mol. The van der Waals surface area contributed by atoms with E-state index in [0.717, 1.165) is 6.07 Å². The molecular formula is C21H17ClF2N4O3. The molecule has 3 aromatic rings. The van der Waals surface area contributed by atoms with E-state index in [9.17, 15) is 18.4 Å². The molecule has 1 fully saturated rings. The summed E-state index contributed by atoms with van der Waals surface area (Å²) in [7, 11) is 0. The molecule has 2 aromatic heterocycles. The zero-order valence-corrected chi connectivity index (χ0v) is 17.2. The Hall–Kier alpha value is -3.22. The van der Waals surface area contributed by atoms with E-state index in [1.54, 1.807) is 0 Å². The van der Waals surface area contributed by atoms with Gasteiger partial charge >= 0.3 is 0 Å². The largest absolute Gasteiger partial charge is 0.384 e. The molecule has 1 aromatic carbocycles. The summed E-state index contributed by atoms with van der Waals surface area (Å²) in [5.41, 5.74) is -0.936. The van der Waals surface area contributed by atoms with Gasteiger partial charge in [-0.1, -0.05) is 23.6 Å². The molecule has 1 aliphatic rings. The molecule has 0 spiro atoms. The number of carbonyl (C=O) groups is 1. The molecule has 10 heteroatoms. The van der Waals surface area contributed by atoms with Crippen molar-refractivity contribution in [3.63, 3.8) is 0 Å². The number of amides is 1. The summed E-state index contributed by atoms with van der Waals surface area (Å²) in [6.45, 7) is 0.694. The van der Waals surface area contributed by atoms with Gasteiger partial charge in [0.2, 0.25) is 5.91 Å². The Morgan fingerprint density at radius 2 is 2.10 bits per heavy atom. The van der Waals surface area contributed by atoms with Gasteiger partial charge in [-0.05, 0) is 30.5 Å². The van der Waals surface area contributed by atoms with Crippen molar-refractivity contribution < 1.29 is 18.7 Å². The first-order valence-electron chi connectivity index (χ1n) is 9.34. The topological polar surface area (TPSA) is 79.8 Å². The Bertz CT molecular complexity index is 1310. The van der Waals surface area contributed by atoms with E-state index in [-0.39, 0.29) is 41.8 Å². The summed E-state index contributed by atoms with van der Waals surface area (Å²) in [4.78, 5) is 27.0. The van der Waals surface area contributed by atoms with Crippen LogP contribution >= 0.6 is 11.6 Å². The van der Waals surface area contributed by atoms with Crippen LogP contribution in [0.1, 0.15) is 12.6 Å². The van der Waals surface area contributed by atoms with E-state index >= 15 is 0 Å². The van der Waals surface area contributed by atoms with Crippen molar-refractivity contribution in [2.24, 2.45) is 0 Å². The van der Waals surface area contributed by atoms with E-state index in [2.05, 4.69) is 16.9 Å². The number of rotatable bonds is 3. The van der Waals surface area contributed by atoms with Gasteiger partial charge in [-0.3, -0.25) is 9.59 Å². The number of benzene rings is 1. The van der Waals surface area contributed by atoms with Crippen molar-refractivity contribution in [2.45, 2.75) is 19.1 Å². The van der Waals surface area contributed by atoms with Gasteiger partial charge in [0.25, 0.3) is 5.56 Å². The number of carbonyl (C=O) groups excluding carboxylic acids is 1. The fourth-order valence-electron chi connectivity index (χ4n) is 3.53. The van der Waals surface area contributed by atoms with Gasteiger partial charge in [0.1, 0.15) is 35.8 Å². The highest BCUT2D eigenvalue weighted by Gasteiger charge is 2.41. The van der Waals surface area contributed by atoms with Crippen LogP contribution in [0.3, 0.4) is 0 Å². The zero-order chi connectivity index (χ0) is 22.3. The number of nitrogens with zero attached hydrogens (tertiary/aromatic N) is 4. The average Bonchev–Trinajstić information content (AvgIpc) is 3.07. The highest BCUT2D eigenvalue weighted by atomic mass is 35.5. The lowest BCUT2D eigenvalue weighted by atomic mass is 9.99. The molecule has 3 heterocycles. The first kappa shape index (κ1) is 21.0. The monoisotopic (exact) mass is 446 g/mol. The van der Waals surface area contributed by atoms with E-state index in [4.69, 9.17) is 16.7 Å². The highest BCUT2D eigenvalue weighted by molar-refractivity contribution is 6.31. The number of alkyl halides is 1. The van der Waals surface area contributed by atoms with Crippen LogP contribution in [0.15, 0.2) is 35.4 Å². The summed E-state index contributed by atoms with van der Waals surface area (Å²) in [5.74, 6) is 4.16. The Balaban J connectivity index is 1.82. The minimum absolute atomic E-state index is 0.0181. The lowest BCUT2D eigenvalue weighted by Gasteiger charge is -2.42. The standard InChI is InChI=1S/C21H17ClF2N4O3/c1-21(24)11-27(12-21)17(30)10-26-6-7-28-19(20(26)31)18(16(25-28)3-2-8-29)13-4-5-15(23)14(22)9-13/h4-7,9,29H,8,10-12H2,1H3. The fraction of sp³-hybridized carbons (Fsp3) is 0.286. The Morgan fingerprint density at radius 1 is 1.35 bits per heavy atom. The smallest absolute Gasteiger partial charge is 0.277 e. The molecule has 0 saturated carbocycles. The Kier molecular flexibility index (Phi) is 5.29. The second kappa shape index (κ2) is 7.80. The van der Waals surface area contributed by atoms with Crippen molar-refractivity contribution >= 4 is 23.0 Å². The van der Waals surface area contributed by atoms with Crippen LogP contribution in [0.4, 0.5) is 8.78 Å².